The van der Waals surface area contributed by atoms with Crippen LogP contribution in [0.4, 0.5) is 0 Å². The molecule has 0 saturated carbocycles. The predicted molar refractivity (Wildman–Crippen MR) is 112 cm³/mol. The molecule has 0 aliphatic heterocycles. The molecule has 0 heterocycles. The zero-order valence-corrected chi connectivity index (χ0v) is 15.6. The van der Waals surface area contributed by atoms with E-state index in [0.29, 0.717) is 29.2 Å². The topological polar surface area (TPSA) is 52.6 Å². The van der Waals surface area contributed by atoms with Crippen LogP contribution in [0.15, 0.2) is 91.0 Å². The van der Waals surface area contributed by atoms with Crippen LogP contribution in [-0.4, -0.2) is 12.3 Å². The zero-order valence-electron chi connectivity index (χ0n) is 15.6. The van der Waals surface area contributed by atoms with E-state index in [2.05, 4.69) is 0 Å². The molecule has 0 N–H and O–H groups in total. The van der Waals surface area contributed by atoms with Crippen LogP contribution >= 0.6 is 0 Å². The van der Waals surface area contributed by atoms with E-state index in [9.17, 15) is 9.59 Å². The van der Waals surface area contributed by atoms with E-state index in [1.165, 1.54) is 0 Å². The lowest BCUT2D eigenvalue weighted by molar-refractivity contribution is 0.0734. The van der Waals surface area contributed by atoms with Crippen LogP contribution in [0.25, 0.3) is 10.8 Å². The van der Waals surface area contributed by atoms with E-state index in [1.54, 1.807) is 48.5 Å². The molecule has 0 amide bonds. The van der Waals surface area contributed by atoms with Gasteiger partial charge < -0.3 is 9.47 Å². The second-order valence-electron chi connectivity index (χ2n) is 6.54. The van der Waals surface area contributed by atoms with Gasteiger partial charge in [-0.1, -0.05) is 54.6 Å². The number of rotatable bonds is 6. The van der Waals surface area contributed by atoms with Gasteiger partial charge in [-0.05, 0) is 52.7 Å². The number of carbonyl (C=O) groups excluding carboxylic acids is 2. The maximum absolute atomic E-state index is 12.4. The Balaban J connectivity index is 1.41. The summed E-state index contributed by atoms with van der Waals surface area (Å²) in [6, 6.07) is 27.5. The quantitative estimate of drug-likeness (QED) is 0.253. The van der Waals surface area contributed by atoms with Crippen molar-refractivity contribution in [1.29, 1.82) is 0 Å². The summed E-state index contributed by atoms with van der Waals surface area (Å²) in [5.74, 6) is 0.618. The maximum atomic E-state index is 12.4. The third-order valence-electron chi connectivity index (χ3n) is 4.56. The second kappa shape index (κ2) is 8.40. The molecule has 0 bridgehead atoms. The van der Waals surface area contributed by atoms with Gasteiger partial charge >= 0.3 is 5.97 Å². The van der Waals surface area contributed by atoms with Gasteiger partial charge in [0.2, 0.25) is 0 Å². The van der Waals surface area contributed by atoms with Crippen molar-refractivity contribution in [2.45, 2.75) is 6.61 Å². The van der Waals surface area contributed by atoms with Crippen molar-refractivity contribution in [3.05, 3.63) is 108 Å². The summed E-state index contributed by atoms with van der Waals surface area (Å²) in [6.45, 7) is 0.296. The Morgan fingerprint density at radius 3 is 2.31 bits per heavy atom. The van der Waals surface area contributed by atoms with E-state index < -0.39 is 5.97 Å². The summed E-state index contributed by atoms with van der Waals surface area (Å²) in [7, 11) is 0. The van der Waals surface area contributed by atoms with Crippen molar-refractivity contribution in [3.63, 3.8) is 0 Å². The fraction of sp³-hybridized carbons (Fsp3) is 0.0400. The summed E-state index contributed by atoms with van der Waals surface area (Å²) in [5, 5.41) is 2.11. The van der Waals surface area contributed by atoms with Crippen molar-refractivity contribution in [2.24, 2.45) is 0 Å². The predicted octanol–water partition coefficient (Wildman–Crippen LogP) is 5.45. The van der Waals surface area contributed by atoms with Crippen LogP contribution in [0.5, 0.6) is 11.5 Å². The molecular formula is C25H18O4. The standard InChI is InChI=1S/C25H18O4/c26-16-22-7-3-4-8-24(22)28-17-18-9-11-20(12-10-18)25(27)29-23-14-13-19-5-1-2-6-21(19)15-23/h1-16H,17H2. The van der Waals surface area contributed by atoms with Crippen LogP contribution in [-0.2, 0) is 6.61 Å². The highest BCUT2D eigenvalue weighted by Gasteiger charge is 2.09. The van der Waals surface area contributed by atoms with Gasteiger partial charge in [0.15, 0.2) is 6.29 Å². The monoisotopic (exact) mass is 382 g/mol. The first-order valence-electron chi connectivity index (χ1n) is 9.20. The molecule has 0 aliphatic rings. The third kappa shape index (κ3) is 4.33. The number of aldehydes is 1. The average Bonchev–Trinajstić information content (AvgIpc) is 2.78. The minimum atomic E-state index is -0.418. The number of hydrogen-bond acceptors (Lipinski definition) is 4. The number of fused-ring (bicyclic) bond motifs is 1. The molecule has 4 nitrogen and oxygen atoms in total. The molecule has 0 unspecified atom stereocenters. The van der Waals surface area contributed by atoms with E-state index in [0.717, 1.165) is 22.6 Å². The van der Waals surface area contributed by atoms with Crippen molar-refractivity contribution >= 4 is 23.0 Å². The molecule has 142 valence electrons. The Labute approximate surface area is 168 Å². The Hall–Kier alpha value is -3.92. The van der Waals surface area contributed by atoms with Crippen LogP contribution in [0.1, 0.15) is 26.3 Å². The second-order valence-corrected chi connectivity index (χ2v) is 6.54. The van der Waals surface area contributed by atoms with Crippen molar-refractivity contribution in [2.75, 3.05) is 0 Å². The number of carbonyl (C=O) groups is 2. The van der Waals surface area contributed by atoms with Gasteiger partial charge in [-0.2, -0.15) is 0 Å². The molecule has 4 rings (SSSR count). The van der Waals surface area contributed by atoms with Gasteiger partial charge in [0, 0.05) is 0 Å². The highest BCUT2D eigenvalue weighted by atomic mass is 16.5. The number of hydrogen-bond donors (Lipinski definition) is 0. The largest absolute Gasteiger partial charge is 0.488 e. The van der Waals surface area contributed by atoms with Gasteiger partial charge in [-0.15, -0.1) is 0 Å². The summed E-state index contributed by atoms with van der Waals surface area (Å²) >= 11 is 0. The number of benzene rings is 4. The van der Waals surface area contributed by atoms with Crippen molar-refractivity contribution in [1.82, 2.24) is 0 Å². The van der Waals surface area contributed by atoms with E-state index in [4.69, 9.17) is 9.47 Å². The summed E-state index contributed by atoms with van der Waals surface area (Å²) in [4.78, 5) is 23.5. The molecule has 0 aromatic heterocycles. The van der Waals surface area contributed by atoms with Crippen molar-refractivity contribution < 1.29 is 19.1 Å². The molecule has 0 spiro atoms. The van der Waals surface area contributed by atoms with E-state index in [1.807, 2.05) is 42.5 Å². The molecule has 0 aliphatic carbocycles. The molecule has 0 atom stereocenters. The third-order valence-corrected chi connectivity index (χ3v) is 4.56. The Morgan fingerprint density at radius 1 is 0.793 bits per heavy atom. The normalized spacial score (nSPS) is 10.5. The van der Waals surface area contributed by atoms with Crippen LogP contribution in [0.2, 0.25) is 0 Å². The lowest BCUT2D eigenvalue weighted by atomic mass is 10.1. The first-order chi connectivity index (χ1) is 14.2. The summed E-state index contributed by atoms with van der Waals surface area (Å²) in [5.41, 5.74) is 1.84. The lowest BCUT2D eigenvalue weighted by Crippen LogP contribution is -2.08. The van der Waals surface area contributed by atoms with Gasteiger partial charge in [-0.25, -0.2) is 4.79 Å². The minimum absolute atomic E-state index is 0.296. The fourth-order valence-corrected chi connectivity index (χ4v) is 3.00. The molecule has 4 aromatic rings. The van der Waals surface area contributed by atoms with Crippen LogP contribution in [0.3, 0.4) is 0 Å². The summed E-state index contributed by atoms with van der Waals surface area (Å²) < 4.78 is 11.2. The van der Waals surface area contributed by atoms with Gasteiger partial charge in [0.1, 0.15) is 18.1 Å². The molecule has 4 aromatic carbocycles. The number of esters is 1. The molecule has 29 heavy (non-hydrogen) atoms. The molecule has 4 heteroatoms. The Morgan fingerprint density at radius 2 is 1.52 bits per heavy atom. The Kier molecular flexibility index (Phi) is 5.34. The number of para-hydroxylation sites is 1. The highest BCUT2D eigenvalue weighted by molar-refractivity contribution is 5.92. The fourth-order valence-electron chi connectivity index (χ4n) is 3.00. The lowest BCUT2D eigenvalue weighted by Gasteiger charge is -2.09. The van der Waals surface area contributed by atoms with Gasteiger partial charge in [-0.3, -0.25) is 4.79 Å². The highest BCUT2D eigenvalue weighted by Crippen LogP contribution is 2.22. The van der Waals surface area contributed by atoms with Crippen molar-refractivity contribution in [3.8, 4) is 11.5 Å². The Bertz CT molecular complexity index is 1160. The maximum Gasteiger partial charge on any atom is 0.343 e. The first kappa shape index (κ1) is 18.4. The molecular weight excluding hydrogens is 364 g/mol. The van der Waals surface area contributed by atoms with Crippen LogP contribution in [0, 0.1) is 0 Å². The number of ether oxygens (including phenoxy) is 2. The first-order valence-corrected chi connectivity index (χ1v) is 9.20. The van der Waals surface area contributed by atoms with E-state index in [-0.39, 0.29) is 0 Å². The SMILES string of the molecule is O=Cc1ccccc1OCc1ccc(C(=O)Oc2ccc3ccccc3c2)cc1. The summed E-state index contributed by atoms with van der Waals surface area (Å²) in [6.07, 6.45) is 0.765. The van der Waals surface area contributed by atoms with Crippen LogP contribution < -0.4 is 9.47 Å². The zero-order chi connectivity index (χ0) is 20.1. The molecule has 0 radical (unpaired) electrons. The van der Waals surface area contributed by atoms with Gasteiger partial charge in [0.05, 0.1) is 11.1 Å². The average molecular weight is 382 g/mol. The molecule has 0 saturated heterocycles. The smallest absolute Gasteiger partial charge is 0.343 e. The molecule has 0 fully saturated rings. The van der Waals surface area contributed by atoms with E-state index >= 15 is 0 Å². The van der Waals surface area contributed by atoms with Gasteiger partial charge in [0.25, 0.3) is 0 Å². The minimum Gasteiger partial charge on any atom is -0.488 e.